The molecular formula is C20H20N2O5S. The van der Waals surface area contributed by atoms with Crippen LogP contribution in [-0.2, 0) is 22.4 Å². The molecule has 1 aromatic heterocycles. The molecule has 1 aliphatic rings. The molecule has 1 aromatic carbocycles. The number of ether oxygens (including phenoxy) is 3. The third kappa shape index (κ3) is 4.10. The second kappa shape index (κ2) is 8.76. The van der Waals surface area contributed by atoms with E-state index in [9.17, 15) is 14.9 Å². The Hall–Kier alpha value is -3.05. The Bertz CT molecular complexity index is 945. The number of amides is 1. The maximum atomic E-state index is 12.2. The quantitative estimate of drug-likeness (QED) is 0.747. The zero-order valence-corrected chi connectivity index (χ0v) is 16.5. The van der Waals surface area contributed by atoms with Crippen LogP contribution in [0.1, 0.15) is 39.2 Å². The van der Waals surface area contributed by atoms with Crippen LogP contribution in [0, 0.1) is 11.3 Å². The van der Waals surface area contributed by atoms with Crippen LogP contribution in [-0.4, -0.2) is 32.7 Å². The lowest BCUT2D eigenvalue weighted by molar-refractivity contribution is -0.119. The first-order valence-corrected chi connectivity index (χ1v) is 9.62. The fraction of sp³-hybridized carbons (Fsp3) is 0.350. The summed E-state index contributed by atoms with van der Waals surface area (Å²) in [4.78, 5) is 25.6. The van der Waals surface area contributed by atoms with E-state index in [1.54, 1.807) is 6.07 Å². The van der Waals surface area contributed by atoms with Gasteiger partial charge in [0.15, 0.2) is 18.1 Å². The van der Waals surface area contributed by atoms with Crippen LogP contribution in [0.4, 0.5) is 5.00 Å². The average Bonchev–Trinajstić information content (AvgIpc) is 3.08. The molecule has 0 fully saturated rings. The van der Waals surface area contributed by atoms with Crippen molar-refractivity contribution in [3.63, 3.8) is 0 Å². The van der Waals surface area contributed by atoms with E-state index in [4.69, 9.17) is 14.2 Å². The van der Waals surface area contributed by atoms with Gasteiger partial charge in [0, 0.05) is 4.88 Å². The summed E-state index contributed by atoms with van der Waals surface area (Å²) in [7, 11) is 2.96. The number of esters is 1. The maximum Gasteiger partial charge on any atom is 0.338 e. The Kier molecular flexibility index (Phi) is 6.16. The lowest BCUT2D eigenvalue weighted by Gasteiger charge is -2.10. The summed E-state index contributed by atoms with van der Waals surface area (Å²) in [6.07, 6.45) is 3.93. The lowest BCUT2D eigenvalue weighted by atomic mass is 9.96. The predicted molar refractivity (Wildman–Crippen MR) is 104 cm³/mol. The van der Waals surface area contributed by atoms with Gasteiger partial charge in [-0.05, 0) is 49.4 Å². The van der Waals surface area contributed by atoms with Crippen molar-refractivity contribution in [1.82, 2.24) is 0 Å². The summed E-state index contributed by atoms with van der Waals surface area (Å²) in [6.45, 7) is -0.444. The van der Waals surface area contributed by atoms with Gasteiger partial charge < -0.3 is 19.5 Å². The Morgan fingerprint density at radius 1 is 1.18 bits per heavy atom. The number of benzene rings is 1. The minimum absolute atomic E-state index is 0.245. The highest BCUT2D eigenvalue weighted by Crippen LogP contribution is 2.37. The first-order valence-electron chi connectivity index (χ1n) is 8.81. The molecule has 7 nitrogen and oxygen atoms in total. The van der Waals surface area contributed by atoms with E-state index in [0.717, 1.165) is 36.1 Å². The van der Waals surface area contributed by atoms with E-state index in [0.29, 0.717) is 22.1 Å². The Morgan fingerprint density at radius 3 is 2.64 bits per heavy atom. The molecule has 1 aliphatic carbocycles. The number of nitriles is 1. The molecule has 28 heavy (non-hydrogen) atoms. The van der Waals surface area contributed by atoms with Gasteiger partial charge in [0.1, 0.15) is 11.1 Å². The van der Waals surface area contributed by atoms with Gasteiger partial charge >= 0.3 is 5.97 Å². The molecule has 146 valence electrons. The lowest BCUT2D eigenvalue weighted by Crippen LogP contribution is -2.21. The highest BCUT2D eigenvalue weighted by Gasteiger charge is 2.22. The molecular weight excluding hydrogens is 380 g/mol. The molecule has 1 amide bonds. The molecule has 0 atom stereocenters. The fourth-order valence-electron chi connectivity index (χ4n) is 3.11. The third-order valence-corrected chi connectivity index (χ3v) is 5.70. The molecule has 0 radical (unpaired) electrons. The molecule has 0 unspecified atom stereocenters. The van der Waals surface area contributed by atoms with Crippen LogP contribution in [0.25, 0.3) is 0 Å². The van der Waals surface area contributed by atoms with Gasteiger partial charge in [-0.2, -0.15) is 5.26 Å². The second-order valence-electron chi connectivity index (χ2n) is 6.22. The van der Waals surface area contributed by atoms with Crippen molar-refractivity contribution in [2.45, 2.75) is 25.7 Å². The maximum absolute atomic E-state index is 12.2. The molecule has 8 heteroatoms. The Morgan fingerprint density at radius 2 is 1.93 bits per heavy atom. The van der Waals surface area contributed by atoms with Gasteiger partial charge in [0.2, 0.25) is 0 Å². The molecule has 3 rings (SSSR count). The highest BCUT2D eigenvalue weighted by atomic mass is 32.1. The minimum Gasteiger partial charge on any atom is -0.493 e. The number of anilines is 1. The van der Waals surface area contributed by atoms with E-state index < -0.39 is 18.5 Å². The van der Waals surface area contributed by atoms with Crippen molar-refractivity contribution in [2.75, 3.05) is 26.1 Å². The normalized spacial score (nSPS) is 12.5. The van der Waals surface area contributed by atoms with Crippen LogP contribution in [0.3, 0.4) is 0 Å². The molecule has 2 aromatic rings. The zero-order valence-electron chi connectivity index (χ0n) is 15.7. The van der Waals surface area contributed by atoms with Gasteiger partial charge in [-0.15, -0.1) is 11.3 Å². The van der Waals surface area contributed by atoms with E-state index in [1.807, 2.05) is 0 Å². The van der Waals surface area contributed by atoms with E-state index in [2.05, 4.69) is 11.4 Å². The molecule has 0 spiro atoms. The number of nitrogens with one attached hydrogen (secondary N) is 1. The topological polar surface area (TPSA) is 97.6 Å². The van der Waals surface area contributed by atoms with Crippen molar-refractivity contribution in [3.8, 4) is 17.6 Å². The number of methoxy groups -OCH3 is 2. The summed E-state index contributed by atoms with van der Waals surface area (Å²) in [5.74, 6) is -0.252. The monoisotopic (exact) mass is 400 g/mol. The van der Waals surface area contributed by atoms with Crippen LogP contribution in [0.2, 0.25) is 0 Å². The van der Waals surface area contributed by atoms with E-state index in [-0.39, 0.29) is 5.56 Å². The molecule has 1 N–H and O–H groups in total. The number of aryl methyl sites for hydroxylation is 1. The van der Waals surface area contributed by atoms with Gasteiger partial charge in [0.25, 0.3) is 5.91 Å². The number of nitrogens with zero attached hydrogens (tertiary/aromatic N) is 1. The van der Waals surface area contributed by atoms with Gasteiger partial charge in [-0.3, -0.25) is 4.79 Å². The highest BCUT2D eigenvalue weighted by molar-refractivity contribution is 7.16. The zero-order chi connectivity index (χ0) is 20.1. The molecule has 0 bridgehead atoms. The Balaban J connectivity index is 1.63. The van der Waals surface area contributed by atoms with Crippen LogP contribution in [0.15, 0.2) is 18.2 Å². The van der Waals surface area contributed by atoms with E-state index >= 15 is 0 Å². The van der Waals surface area contributed by atoms with Crippen molar-refractivity contribution in [3.05, 3.63) is 39.8 Å². The van der Waals surface area contributed by atoms with Crippen molar-refractivity contribution in [2.24, 2.45) is 0 Å². The smallest absolute Gasteiger partial charge is 0.338 e. The van der Waals surface area contributed by atoms with Crippen molar-refractivity contribution in [1.29, 1.82) is 5.26 Å². The van der Waals surface area contributed by atoms with Crippen molar-refractivity contribution >= 4 is 28.2 Å². The third-order valence-electron chi connectivity index (χ3n) is 4.49. The summed E-state index contributed by atoms with van der Waals surface area (Å²) < 4.78 is 15.4. The summed E-state index contributed by atoms with van der Waals surface area (Å²) in [6, 6.07) is 6.79. The first-order chi connectivity index (χ1) is 13.6. The predicted octanol–water partition coefficient (Wildman–Crippen LogP) is 3.31. The van der Waals surface area contributed by atoms with Gasteiger partial charge in [-0.25, -0.2) is 4.79 Å². The molecule has 1 heterocycles. The number of carbonyl (C=O) groups excluding carboxylic acids is 2. The summed E-state index contributed by atoms with van der Waals surface area (Å²) in [5, 5.41) is 12.7. The summed E-state index contributed by atoms with van der Waals surface area (Å²) in [5.41, 5.74) is 1.81. The van der Waals surface area contributed by atoms with Crippen LogP contribution in [0.5, 0.6) is 11.5 Å². The van der Waals surface area contributed by atoms with E-state index in [1.165, 1.54) is 37.7 Å². The van der Waals surface area contributed by atoms with Crippen LogP contribution >= 0.6 is 11.3 Å². The molecule has 0 aliphatic heterocycles. The number of fused-ring (bicyclic) bond motifs is 1. The number of rotatable bonds is 6. The standard InChI is InChI=1S/C20H20N2O5S/c1-25-15-8-7-12(9-16(15)26-2)20(24)27-11-18(23)22-19-14(10-21)13-5-3-4-6-17(13)28-19/h7-9H,3-6,11H2,1-2H3,(H,22,23). The van der Waals surface area contributed by atoms with Crippen molar-refractivity contribution < 1.29 is 23.8 Å². The van der Waals surface area contributed by atoms with Gasteiger partial charge in [-0.1, -0.05) is 0 Å². The summed E-state index contributed by atoms with van der Waals surface area (Å²) >= 11 is 1.43. The largest absolute Gasteiger partial charge is 0.493 e. The number of hydrogen-bond acceptors (Lipinski definition) is 7. The fourth-order valence-corrected chi connectivity index (χ4v) is 4.37. The molecule has 0 saturated carbocycles. The average molecular weight is 400 g/mol. The first kappa shape index (κ1) is 19.7. The number of carbonyl (C=O) groups is 2. The minimum atomic E-state index is -0.651. The SMILES string of the molecule is COc1ccc(C(=O)OCC(=O)Nc2sc3c(c2C#N)CCCC3)cc1OC. The van der Waals surface area contributed by atoms with Gasteiger partial charge in [0.05, 0.1) is 25.3 Å². The number of thiophene rings is 1. The Labute approximate surface area is 166 Å². The van der Waals surface area contributed by atoms with Crippen LogP contribution < -0.4 is 14.8 Å². The molecule has 0 saturated heterocycles. The second-order valence-corrected chi connectivity index (χ2v) is 7.33. The number of hydrogen-bond donors (Lipinski definition) is 1.